The Hall–Kier alpha value is -1.99. The fraction of sp³-hybridized carbons (Fsp3) is 0.400. The van der Waals surface area contributed by atoms with Gasteiger partial charge in [0.05, 0.1) is 34.6 Å². The Bertz CT molecular complexity index is 863. The number of aromatic nitrogens is 4. The number of fused-ring (bicyclic) bond motifs is 2. The van der Waals surface area contributed by atoms with Crippen LogP contribution in [0.5, 0.6) is 0 Å². The van der Waals surface area contributed by atoms with Crippen LogP contribution in [0.3, 0.4) is 0 Å². The number of benzene rings is 1. The Kier molecular flexibility index (Phi) is 3.84. The van der Waals surface area contributed by atoms with Gasteiger partial charge in [0.1, 0.15) is 6.73 Å². The van der Waals surface area contributed by atoms with Gasteiger partial charge >= 0.3 is 0 Å². The molecule has 0 spiro atoms. The maximum Gasteiger partial charge on any atom is 0.258 e. The molecule has 0 saturated heterocycles. The molecule has 2 heterocycles. The van der Waals surface area contributed by atoms with Gasteiger partial charge in [-0.2, -0.15) is 0 Å². The molecular formula is C15H20N4O2Si. The molecule has 116 valence electrons. The van der Waals surface area contributed by atoms with Crippen LogP contribution in [0, 0.1) is 0 Å². The van der Waals surface area contributed by atoms with Crippen molar-refractivity contribution in [3.63, 3.8) is 0 Å². The van der Waals surface area contributed by atoms with Gasteiger partial charge in [-0.1, -0.05) is 19.6 Å². The predicted octanol–water partition coefficient (Wildman–Crippen LogP) is 2.59. The van der Waals surface area contributed by atoms with Crippen molar-refractivity contribution in [1.29, 1.82) is 0 Å². The number of H-pyrrole nitrogens is 1. The molecule has 1 aromatic carbocycles. The van der Waals surface area contributed by atoms with Crippen molar-refractivity contribution in [3.8, 4) is 0 Å². The maximum absolute atomic E-state index is 11.8. The normalized spacial score (nSPS) is 12.3. The summed E-state index contributed by atoms with van der Waals surface area (Å²) in [6.07, 6.45) is 3.16. The first-order chi connectivity index (χ1) is 10.4. The molecule has 3 rings (SSSR count). The first-order valence-corrected chi connectivity index (χ1v) is 11.0. The van der Waals surface area contributed by atoms with E-state index in [2.05, 4.69) is 34.6 Å². The standard InChI is InChI=1S/C15H20N4O2Si/c1-22(2,3)5-4-21-10-19-9-18-13-6-11-12(7-14(13)19)16-8-17-15(11)20/h6-9H,4-5,10H2,1-3H3,(H,16,17,20). The highest BCUT2D eigenvalue weighted by Gasteiger charge is 2.12. The summed E-state index contributed by atoms with van der Waals surface area (Å²) in [4.78, 5) is 22.9. The number of hydrogen-bond donors (Lipinski definition) is 1. The highest BCUT2D eigenvalue weighted by Crippen LogP contribution is 2.18. The number of ether oxygens (including phenoxy) is 1. The fourth-order valence-electron chi connectivity index (χ4n) is 2.26. The van der Waals surface area contributed by atoms with E-state index < -0.39 is 8.07 Å². The summed E-state index contributed by atoms with van der Waals surface area (Å²) in [5.41, 5.74) is 2.23. The van der Waals surface area contributed by atoms with Gasteiger partial charge in [0.25, 0.3) is 5.56 Å². The van der Waals surface area contributed by atoms with Crippen molar-refractivity contribution >= 4 is 30.0 Å². The molecule has 0 aliphatic heterocycles. The van der Waals surface area contributed by atoms with Gasteiger partial charge in [-0.15, -0.1) is 0 Å². The lowest BCUT2D eigenvalue weighted by atomic mass is 10.2. The summed E-state index contributed by atoms with van der Waals surface area (Å²) in [6.45, 7) is 8.23. The van der Waals surface area contributed by atoms with Crippen LogP contribution in [-0.2, 0) is 11.5 Å². The van der Waals surface area contributed by atoms with E-state index in [0.717, 1.165) is 23.7 Å². The van der Waals surface area contributed by atoms with Crippen LogP contribution in [-0.4, -0.2) is 34.2 Å². The van der Waals surface area contributed by atoms with Gasteiger partial charge in [-0.3, -0.25) is 4.79 Å². The zero-order valence-electron chi connectivity index (χ0n) is 13.1. The zero-order valence-corrected chi connectivity index (χ0v) is 14.1. The Labute approximate surface area is 129 Å². The van der Waals surface area contributed by atoms with Gasteiger partial charge in [0, 0.05) is 14.7 Å². The summed E-state index contributed by atoms with van der Waals surface area (Å²) < 4.78 is 7.71. The Balaban J connectivity index is 1.84. The van der Waals surface area contributed by atoms with E-state index in [9.17, 15) is 4.79 Å². The molecule has 0 unspecified atom stereocenters. The molecule has 7 heteroatoms. The predicted molar refractivity (Wildman–Crippen MR) is 89.8 cm³/mol. The summed E-state index contributed by atoms with van der Waals surface area (Å²) in [5.74, 6) is 0. The third kappa shape index (κ3) is 3.10. The van der Waals surface area contributed by atoms with Crippen LogP contribution in [0.25, 0.3) is 21.9 Å². The molecule has 0 saturated carbocycles. The third-order valence-corrected chi connectivity index (χ3v) is 5.31. The molecule has 0 radical (unpaired) electrons. The van der Waals surface area contributed by atoms with Crippen molar-refractivity contribution in [2.75, 3.05) is 6.61 Å². The molecule has 0 aliphatic rings. The molecule has 3 aromatic rings. The van der Waals surface area contributed by atoms with Crippen molar-refractivity contribution in [3.05, 3.63) is 35.1 Å². The van der Waals surface area contributed by atoms with E-state index in [-0.39, 0.29) is 5.56 Å². The van der Waals surface area contributed by atoms with Crippen LogP contribution < -0.4 is 5.56 Å². The number of aromatic amines is 1. The quantitative estimate of drug-likeness (QED) is 0.580. The molecule has 2 aromatic heterocycles. The van der Waals surface area contributed by atoms with Crippen molar-refractivity contribution in [1.82, 2.24) is 19.5 Å². The number of imidazole rings is 1. The van der Waals surface area contributed by atoms with E-state index in [1.165, 1.54) is 6.33 Å². The fourth-order valence-corrected chi connectivity index (χ4v) is 3.02. The molecule has 1 N–H and O–H groups in total. The van der Waals surface area contributed by atoms with Crippen LogP contribution in [0.1, 0.15) is 0 Å². The smallest absolute Gasteiger partial charge is 0.258 e. The first-order valence-electron chi connectivity index (χ1n) is 7.34. The maximum atomic E-state index is 11.8. The molecular weight excluding hydrogens is 296 g/mol. The van der Waals surface area contributed by atoms with Crippen molar-refractivity contribution in [2.24, 2.45) is 0 Å². The Morgan fingerprint density at radius 2 is 2.05 bits per heavy atom. The summed E-state index contributed by atoms with van der Waals surface area (Å²) in [7, 11) is -1.07. The SMILES string of the molecule is C[Si](C)(C)CCOCn1cnc2cc3c(=O)[nH]cnc3cc21. The topological polar surface area (TPSA) is 72.8 Å². The van der Waals surface area contributed by atoms with E-state index in [0.29, 0.717) is 17.6 Å². The zero-order chi connectivity index (χ0) is 15.7. The minimum absolute atomic E-state index is 0.146. The average Bonchev–Trinajstić information content (AvgIpc) is 2.84. The average molecular weight is 316 g/mol. The van der Waals surface area contributed by atoms with Gasteiger partial charge in [0.15, 0.2) is 0 Å². The number of hydrogen-bond acceptors (Lipinski definition) is 4. The van der Waals surface area contributed by atoms with Gasteiger partial charge in [-0.25, -0.2) is 9.97 Å². The third-order valence-electron chi connectivity index (χ3n) is 3.61. The minimum atomic E-state index is -1.07. The van der Waals surface area contributed by atoms with E-state index in [1.807, 2.05) is 10.6 Å². The minimum Gasteiger partial charge on any atom is -0.361 e. The summed E-state index contributed by atoms with van der Waals surface area (Å²) >= 11 is 0. The second kappa shape index (κ2) is 5.66. The second-order valence-electron chi connectivity index (χ2n) is 6.65. The molecule has 0 aliphatic carbocycles. The molecule has 22 heavy (non-hydrogen) atoms. The number of nitrogens with zero attached hydrogens (tertiary/aromatic N) is 3. The molecule has 0 amide bonds. The molecule has 0 atom stereocenters. The van der Waals surface area contributed by atoms with Gasteiger partial charge in [0.2, 0.25) is 0 Å². The number of rotatable bonds is 5. The monoisotopic (exact) mass is 316 g/mol. The molecule has 0 fully saturated rings. The van der Waals surface area contributed by atoms with Gasteiger partial charge in [-0.05, 0) is 18.2 Å². The van der Waals surface area contributed by atoms with E-state index in [1.54, 1.807) is 12.4 Å². The van der Waals surface area contributed by atoms with Gasteiger partial charge < -0.3 is 14.3 Å². The highest BCUT2D eigenvalue weighted by atomic mass is 28.3. The Morgan fingerprint density at radius 3 is 2.82 bits per heavy atom. The lowest BCUT2D eigenvalue weighted by Crippen LogP contribution is -2.21. The lowest BCUT2D eigenvalue weighted by Gasteiger charge is -2.15. The van der Waals surface area contributed by atoms with Crippen molar-refractivity contribution in [2.45, 2.75) is 32.4 Å². The van der Waals surface area contributed by atoms with Crippen LogP contribution in [0.4, 0.5) is 0 Å². The van der Waals surface area contributed by atoms with Crippen LogP contribution in [0.2, 0.25) is 25.7 Å². The second-order valence-corrected chi connectivity index (χ2v) is 12.3. The summed E-state index contributed by atoms with van der Waals surface area (Å²) in [5, 5.41) is 0.555. The highest BCUT2D eigenvalue weighted by molar-refractivity contribution is 6.76. The van der Waals surface area contributed by atoms with E-state index >= 15 is 0 Å². The summed E-state index contributed by atoms with van der Waals surface area (Å²) in [6, 6.07) is 4.79. The molecule has 6 nitrogen and oxygen atoms in total. The largest absolute Gasteiger partial charge is 0.361 e. The van der Waals surface area contributed by atoms with Crippen LogP contribution in [0.15, 0.2) is 29.6 Å². The van der Waals surface area contributed by atoms with E-state index in [4.69, 9.17) is 4.74 Å². The Morgan fingerprint density at radius 1 is 1.23 bits per heavy atom. The number of nitrogens with one attached hydrogen (secondary N) is 1. The lowest BCUT2D eigenvalue weighted by molar-refractivity contribution is 0.0898. The van der Waals surface area contributed by atoms with Crippen LogP contribution >= 0.6 is 0 Å². The first kappa shape index (κ1) is 14.9. The van der Waals surface area contributed by atoms with Crippen molar-refractivity contribution < 1.29 is 4.74 Å². The molecule has 0 bridgehead atoms.